The Balaban J connectivity index is 2.80. The maximum atomic E-state index is 13.2. The van der Waals surface area contributed by atoms with Gasteiger partial charge >= 0.3 is 5.97 Å². The standard InChI is InChI=1S/C27H43NO4S/c1-5-9-10-11-12-13-14-15-16-17-18-25(27(29)30)26(6-2)33(31,32)24-21-19-23(20-22-24)28(7-3)8-4/h6,19-22H,2,5,7-18H2,1,3-4H3,(H,29,30)/b26-25-. The molecule has 0 saturated carbocycles. The average molecular weight is 478 g/mol. The largest absolute Gasteiger partial charge is 0.478 e. The van der Waals surface area contributed by atoms with Crippen molar-refractivity contribution >= 4 is 21.5 Å². The lowest BCUT2D eigenvalue weighted by atomic mass is 10.0. The summed E-state index contributed by atoms with van der Waals surface area (Å²) in [5, 5.41) is 9.73. The van der Waals surface area contributed by atoms with E-state index < -0.39 is 15.8 Å². The third kappa shape index (κ3) is 9.36. The maximum Gasteiger partial charge on any atom is 0.332 e. The SMILES string of the molecule is C=C/C(=C(\CCCCCCCCCCCC)C(=O)O)S(=O)(=O)c1ccc(N(CC)CC)cc1. The van der Waals surface area contributed by atoms with Crippen LogP contribution in [-0.4, -0.2) is 32.6 Å². The first kappa shape index (κ1) is 29.0. The van der Waals surface area contributed by atoms with Gasteiger partial charge in [0.25, 0.3) is 0 Å². The van der Waals surface area contributed by atoms with Crippen molar-refractivity contribution in [1.29, 1.82) is 0 Å². The number of carboxylic acids is 1. The van der Waals surface area contributed by atoms with Crippen molar-refractivity contribution in [3.05, 3.63) is 47.4 Å². The van der Waals surface area contributed by atoms with Gasteiger partial charge in [-0.2, -0.15) is 0 Å². The van der Waals surface area contributed by atoms with Crippen molar-refractivity contribution in [2.75, 3.05) is 18.0 Å². The van der Waals surface area contributed by atoms with Crippen molar-refractivity contribution in [3.8, 4) is 0 Å². The molecule has 0 unspecified atom stereocenters. The predicted molar refractivity (Wildman–Crippen MR) is 139 cm³/mol. The first-order chi connectivity index (χ1) is 15.8. The van der Waals surface area contributed by atoms with E-state index in [1.807, 2.05) is 13.8 Å². The van der Waals surface area contributed by atoms with Crippen LogP contribution in [0.5, 0.6) is 0 Å². The zero-order valence-corrected chi connectivity index (χ0v) is 21.6. The third-order valence-corrected chi connectivity index (χ3v) is 7.97. The second kappa shape index (κ2) is 15.7. The Hall–Kier alpha value is -2.08. The minimum Gasteiger partial charge on any atom is -0.478 e. The van der Waals surface area contributed by atoms with Crippen molar-refractivity contribution in [3.63, 3.8) is 0 Å². The van der Waals surface area contributed by atoms with Crippen LogP contribution < -0.4 is 4.90 Å². The zero-order chi connectivity index (χ0) is 24.7. The number of aliphatic carboxylic acids is 1. The molecule has 0 bridgehead atoms. The normalized spacial score (nSPS) is 12.3. The molecule has 186 valence electrons. The first-order valence-corrected chi connectivity index (χ1v) is 14.0. The summed E-state index contributed by atoms with van der Waals surface area (Å²) in [6.45, 7) is 11.6. The van der Waals surface area contributed by atoms with E-state index in [1.165, 1.54) is 44.6 Å². The number of rotatable bonds is 18. The molecular formula is C27H43NO4S. The van der Waals surface area contributed by atoms with Gasteiger partial charge in [0.15, 0.2) is 0 Å². The molecule has 0 radical (unpaired) electrons. The van der Waals surface area contributed by atoms with E-state index in [4.69, 9.17) is 0 Å². The van der Waals surface area contributed by atoms with Gasteiger partial charge in [-0.25, -0.2) is 13.2 Å². The number of carbonyl (C=O) groups is 1. The summed E-state index contributed by atoms with van der Waals surface area (Å²) in [7, 11) is -3.95. The highest BCUT2D eigenvalue weighted by Crippen LogP contribution is 2.28. The molecule has 0 aliphatic carbocycles. The van der Waals surface area contributed by atoms with E-state index in [-0.39, 0.29) is 21.8 Å². The summed E-state index contributed by atoms with van der Waals surface area (Å²) in [6.07, 6.45) is 12.8. The highest BCUT2D eigenvalue weighted by molar-refractivity contribution is 7.95. The number of sulfone groups is 1. The van der Waals surface area contributed by atoms with Gasteiger partial charge in [0.05, 0.1) is 15.4 Å². The van der Waals surface area contributed by atoms with Crippen LogP contribution in [-0.2, 0) is 14.6 Å². The molecule has 5 nitrogen and oxygen atoms in total. The Morgan fingerprint density at radius 1 is 0.879 bits per heavy atom. The first-order valence-electron chi connectivity index (χ1n) is 12.5. The van der Waals surface area contributed by atoms with Crippen LogP contribution in [0, 0.1) is 0 Å². The summed E-state index contributed by atoms with van der Waals surface area (Å²) in [6, 6.07) is 6.63. The lowest BCUT2D eigenvalue weighted by Crippen LogP contribution is -2.21. The number of nitrogens with zero attached hydrogens (tertiary/aromatic N) is 1. The molecule has 1 aromatic carbocycles. The van der Waals surface area contributed by atoms with Crippen molar-refractivity contribution < 1.29 is 18.3 Å². The number of carboxylic acid groups (broad SMARTS) is 1. The van der Waals surface area contributed by atoms with Gasteiger partial charge in [0, 0.05) is 18.8 Å². The summed E-state index contributed by atoms with van der Waals surface area (Å²) >= 11 is 0. The lowest BCUT2D eigenvalue weighted by molar-refractivity contribution is -0.132. The van der Waals surface area contributed by atoms with Gasteiger partial charge in [-0.15, -0.1) is 0 Å². The van der Waals surface area contributed by atoms with Gasteiger partial charge in [-0.1, -0.05) is 71.3 Å². The Labute approximate surface area is 201 Å². The minimum absolute atomic E-state index is 0.0719. The highest BCUT2D eigenvalue weighted by Gasteiger charge is 2.25. The van der Waals surface area contributed by atoms with E-state index in [1.54, 1.807) is 24.3 Å². The van der Waals surface area contributed by atoms with Crippen LogP contribution in [0.25, 0.3) is 0 Å². The Morgan fingerprint density at radius 3 is 1.79 bits per heavy atom. The predicted octanol–water partition coefficient (Wildman–Crippen LogP) is 7.14. The smallest absolute Gasteiger partial charge is 0.332 e. The monoisotopic (exact) mass is 477 g/mol. The molecule has 0 atom stereocenters. The summed E-state index contributed by atoms with van der Waals surface area (Å²) in [4.78, 5) is 13.9. The molecule has 1 aromatic rings. The van der Waals surface area contributed by atoms with E-state index in [0.717, 1.165) is 38.0 Å². The van der Waals surface area contributed by atoms with Crippen LogP contribution in [0.4, 0.5) is 5.69 Å². The second-order valence-corrected chi connectivity index (χ2v) is 10.4. The summed E-state index contributed by atoms with van der Waals surface area (Å²) in [5.74, 6) is -1.19. The van der Waals surface area contributed by atoms with Gasteiger partial charge < -0.3 is 10.0 Å². The van der Waals surface area contributed by atoms with Crippen molar-refractivity contribution in [2.45, 2.75) is 96.3 Å². The molecule has 0 spiro atoms. The van der Waals surface area contributed by atoms with Crippen LogP contribution in [0.2, 0.25) is 0 Å². The Bertz CT molecular complexity index is 853. The van der Waals surface area contributed by atoms with Gasteiger partial charge in [0.2, 0.25) is 9.84 Å². The number of allylic oxidation sites excluding steroid dienone is 1. The van der Waals surface area contributed by atoms with E-state index >= 15 is 0 Å². The third-order valence-electron chi connectivity index (χ3n) is 6.09. The van der Waals surface area contributed by atoms with Gasteiger partial charge in [-0.05, 0) is 57.0 Å². The quantitative estimate of drug-likeness (QED) is 0.138. The van der Waals surface area contributed by atoms with Crippen LogP contribution in [0.1, 0.15) is 91.4 Å². The van der Waals surface area contributed by atoms with Gasteiger partial charge in [0.1, 0.15) is 0 Å². The molecule has 0 saturated heterocycles. The fraction of sp³-hybridized carbons (Fsp3) is 0.593. The molecule has 0 heterocycles. The van der Waals surface area contributed by atoms with Crippen molar-refractivity contribution in [2.24, 2.45) is 0 Å². The lowest BCUT2D eigenvalue weighted by Gasteiger charge is -2.21. The Kier molecular flexibility index (Phi) is 13.8. The zero-order valence-electron chi connectivity index (χ0n) is 20.8. The highest BCUT2D eigenvalue weighted by atomic mass is 32.2. The second-order valence-electron chi connectivity index (χ2n) is 8.45. The molecule has 0 amide bonds. The minimum atomic E-state index is -3.95. The molecule has 0 aromatic heterocycles. The molecule has 0 aliphatic heterocycles. The van der Waals surface area contributed by atoms with Crippen molar-refractivity contribution in [1.82, 2.24) is 0 Å². The van der Waals surface area contributed by atoms with Crippen LogP contribution in [0.3, 0.4) is 0 Å². The summed E-state index contributed by atoms with van der Waals surface area (Å²) in [5.41, 5.74) is 0.865. The number of anilines is 1. The Morgan fingerprint density at radius 2 is 1.36 bits per heavy atom. The molecule has 0 aliphatic rings. The van der Waals surface area contributed by atoms with E-state index in [9.17, 15) is 18.3 Å². The maximum absolute atomic E-state index is 13.2. The summed E-state index contributed by atoms with van der Waals surface area (Å²) < 4.78 is 26.4. The van der Waals surface area contributed by atoms with Crippen LogP contribution in [0.15, 0.2) is 52.3 Å². The average Bonchev–Trinajstić information content (AvgIpc) is 2.80. The van der Waals surface area contributed by atoms with E-state index in [2.05, 4.69) is 18.4 Å². The van der Waals surface area contributed by atoms with E-state index in [0.29, 0.717) is 6.42 Å². The number of unbranched alkanes of at least 4 members (excludes halogenated alkanes) is 9. The van der Waals surface area contributed by atoms with Crippen LogP contribution >= 0.6 is 0 Å². The number of benzene rings is 1. The fourth-order valence-corrected chi connectivity index (χ4v) is 5.55. The fourth-order valence-electron chi connectivity index (χ4n) is 4.07. The molecule has 33 heavy (non-hydrogen) atoms. The molecule has 0 fully saturated rings. The number of hydrogen-bond donors (Lipinski definition) is 1. The molecule has 1 N–H and O–H groups in total. The van der Waals surface area contributed by atoms with Gasteiger partial charge in [-0.3, -0.25) is 0 Å². The molecule has 6 heteroatoms. The topological polar surface area (TPSA) is 74.7 Å². The molecule has 1 rings (SSSR count). The molecular weight excluding hydrogens is 434 g/mol. The number of hydrogen-bond acceptors (Lipinski definition) is 4.